The maximum atomic E-state index is 13.0. The summed E-state index contributed by atoms with van der Waals surface area (Å²) in [4.78, 5) is 32.5. The molecule has 1 fully saturated rings. The van der Waals surface area contributed by atoms with Gasteiger partial charge in [0.25, 0.3) is 11.7 Å². The molecule has 1 atom stereocenters. The average molecular weight is 435 g/mol. The largest absolute Gasteiger partial charge is 0.507 e. The van der Waals surface area contributed by atoms with Gasteiger partial charge in [-0.2, -0.15) is 0 Å². The van der Waals surface area contributed by atoms with Crippen molar-refractivity contribution in [2.24, 2.45) is 0 Å². The highest BCUT2D eigenvalue weighted by Gasteiger charge is 2.46. The van der Waals surface area contributed by atoms with Crippen molar-refractivity contribution in [3.8, 4) is 5.75 Å². The number of carbonyl (C=O) groups is 2. The summed E-state index contributed by atoms with van der Waals surface area (Å²) in [5.74, 6) is -0.849. The Morgan fingerprint density at radius 3 is 2.58 bits per heavy atom. The van der Waals surface area contributed by atoms with Crippen LogP contribution in [0.5, 0.6) is 5.75 Å². The molecule has 1 amide bonds. The minimum absolute atomic E-state index is 0.0885. The number of likely N-dealkylation sites (tertiary alicyclic amines) is 1. The number of aliphatic hydroxyl groups is 1. The highest BCUT2D eigenvalue weighted by Crippen LogP contribution is 2.41. The quantitative estimate of drug-likeness (QED) is 0.335. The molecule has 1 aliphatic heterocycles. The van der Waals surface area contributed by atoms with Gasteiger partial charge in [0.1, 0.15) is 17.6 Å². The number of Topliss-reactive ketones (excluding diaryl/α,β-unsaturated/α-hetero) is 1. The van der Waals surface area contributed by atoms with Crippen LogP contribution in [0.4, 0.5) is 0 Å². The maximum absolute atomic E-state index is 13.0. The minimum atomic E-state index is -0.696. The third kappa shape index (κ3) is 4.22. The molecular formula is C24H22N2O4S. The highest BCUT2D eigenvalue weighted by atomic mass is 32.1. The lowest BCUT2D eigenvalue weighted by Gasteiger charge is -2.23. The molecule has 3 aromatic rings. The van der Waals surface area contributed by atoms with Crippen LogP contribution in [0.2, 0.25) is 0 Å². The van der Waals surface area contributed by atoms with E-state index in [1.54, 1.807) is 42.6 Å². The van der Waals surface area contributed by atoms with Gasteiger partial charge >= 0.3 is 0 Å². The fourth-order valence-electron chi connectivity index (χ4n) is 3.54. The third-order valence-electron chi connectivity index (χ3n) is 5.01. The van der Waals surface area contributed by atoms with Gasteiger partial charge in [0.15, 0.2) is 0 Å². The molecule has 31 heavy (non-hydrogen) atoms. The average Bonchev–Trinajstić information content (AvgIpc) is 3.41. The molecule has 1 N–H and O–H groups in total. The molecule has 3 heterocycles. The molecule has 7 heteroatoms. The second-order valence-corrected chi connectivity index (χ2v) is 8.12. The van der Waals surface area contributed by atoms with Crippen molar-refractivity contribution >= 4 is 28.8 Å². The second-order valence-electron chi connectivity index (χ2n) is 7.14. The summed E-state index contributed by atoms with van der Waals surface area (Å²) in [5.41, 5.74) is 1.22. The smallest absolute Gasteiger partial charge is 0.296 e. The summed E-state index contributed by atoms with van der Waals surface area (Å²) in [5, 5.41) is 12.9. The SMILES string of the molecule is CCCOc1ccc(/C(O)=C2/C(=O)C(=O)N(Cc3ccccn3)C2c2cccs2)cc1. The predicted octanol–water partition coefficient (Wildman–Crippen LogP) is 4.55. The lowest BCUT2D eigenvalue weighted by Crippen LogP contribution is -2.29. The first-order chi connectivity index (χ1) is 15.1. The molecule has 0 radical (unpaired) electrons. The second kappa shape index (κ2) is 9.14. The van der Waals surface area contributed by atoms with Crippen LogP contribution >= 0.6 is 11.3 Å². The molecule has 1 aliphatic rings. The fourth-order valence-corrected chi connectivity index (χ4v) is 4.38. The number of pyridine rings is 1. The number of ether oxygens (including phenoxy) is 1. The van der Waals surface area contributed by atoms with Crippen LogP contribution in [-0.2, 0) is 16.1 Å². The molecule has 2 aromatic heterocycles. The molecule has 158 valence electrons. The Labute approximate surface area is 184 Å². The van der Waals surface area contributed by atoms with Crippen LogP contribution in [0, 0.1) is 0 Å². The molecule has 1 aromatic carbocycles. The van der Waals surface area contributed by atoms with Crippen molar-refractivity contribution in [2.75, 3.05) is 6.61 Å². The van der Waals surface area contributed by atoms with Crippen molar-refractivity contribution in [1.82, 2.24) is 9.88 Å². The zero-order valence-corrected chi connectivity index (χ0v) is 17.8. The van der Waals surface area contributed by atoms with E-state index < -0.39 is 17.7 Å². The van der Waals surface area contributed by atoms with E-state index in [1.165, 1.54) is 16.2 Å². The number of carbonyl (C=O) groups excluding carboxylic acids is 2. The Kier molecular flexibility index (Phi) is 6.13. The first-order valence-corrected chi connectivity index (χ1v) is 10.9. The van der Waals surface area contributed by atoms with Gasteiger partial charge in [-0.25, -0.2) is 0 Å². The molecular weight excluding hydrogens is 412 g/mol. The molecule has 0 saturated carbocycles. The Morgan fingerprint density at radius 2 is 1.94 bits per heavy atom. The molecule has 0 spiro atoms. The zero-order chi connectivity index (χ0) is 21.8. The van der Waals surface area contributed by atoms with Crippen LogP contribution in [-0.4, -0.2) is 33.3 Å². The topological polar surface area (TPSA) is 79.7 Å². The van der Waals surface area contributed by atoms with Crippen LogP contribution < -0.4 is 4.74 Å². The van der Waals surface area contributed by atoms with Crippen molar-refractivity contribution in [3.05, 3.63) is 87.9 Å². The number of aromatic nitrogens is 1. The lowest BCUT2D eigenvalue weighted by atomic mass is 10.00. The van der Waals surface area contributed by atoms with Gasteiger partial charge in [-0.05, 0) is 54.3 Å². The number of ketones is 1. The van der Waals surface area contributed by atoms with Crippen molar-refractivity contribution in [2.45, 2.75) is 25.9 Å². The van der Waals surface area contributed by atoms with Crippen LogP contribution in [0.3, 0.4) is 0 Å². The molecule has 4 rings (SSSR count). The Morgan fingerprint density at radius 1 is 1.13 bits per heavy atom. The number of aliphatic hydroxyl groups excluding tert-OH is 1. The van der Waals surface area contributed by atoms with E-state index in [9.17, 15) is 14.7 Å². The van der Waals surface area contributed by atoms with Gasteiger partial charge < -0.3 is 14.7 Å². The Balaban J connectivity index is 1.74. The van der Waals surface area contributed by atoms with Crippen LogP contribution in [0.1, 0.15) is 35.5 Å². The lowest BCUT2D eigenvalue weighted by molar-refractivity contribution is -0.140. The van der Waals surface area contributed by atoms with Crippen molar-refractivity contribution in [1.29, 1.82) is 0 Å². The summed E-state index contributed by atoms with van der Waals surface area (Å²) >= 11 is 1.43. The maximum Gasteiger partial charge on any atom is 0.296 e. The number of hydrogen-bond acceptors (Lipinski definition) is 6. The summed E-state index contributed by atoms with van der Waals surface area (Å²) in [7, 11) is 0. The number of rotatable bonds is 7. The zero-order valence-electron chi connectivity index (χ0n) is 17.0. The van der Waals surface area contributed by atoms with E-state index in [4.69, 9.17) is 4.74 Å². The normalized spacial score (nSPS) is 17.8. The molecule has 1 saturated heterocycles. The van der Waals surface area contributed by atoms with Gasteiger partial charge in [0.05, 0.1) is 24.4 Å². The summed E-state index contributed by atoms with van der Waals surface area (Å²) in [6.07, 6.45) is 2.54. The van der Waals surface area contributed by atoms with Gasteiger partial charge in [0, 0.05) is 16.6 Å². The Bertz CT molecular complexity index is 1090. The molecule has 6 nitrogen and oxygen atoms in total. The fraction of sp³-hybridized carbons (Fsp3) is 0.208. The van der Waals surface area contributed by atoms with Crippen molar-refractivity contribution < 1.29 is 19.4 Å². The van der Waals surface area contributed by atoms with E-state index in [1.807, 2.05) is 30.5 Å². The monoisotopic (exact) mass is 434 g/mol. The van der Waals surface area contributed by atoms with Crippen LogP contribution in [0.25, 0.3) is 5.76 Å². The summed E-state index contributed by atoms with van der Waals surface area (Å²) in [6, 6.07) is 15.4. The van der Waals surface area contributed by atoms with E-state index in [-0.39, 0.29) is 17.9 Å². The van der Waals surface area contributed by atoms with E-state index >= 15 is 0 Å². The van der Waals surface area contributed by atoms with E-state index in [0.717, 1.165) is 11.3 Å². The summed E-state index contributed by atoms with van der Waals surface area (Å²) in [6.45, 7) is 2.80. The Hall–Kier alpha value is -3.45. The van der Waals surface area contributed by atoms with Gasteiger partial charge in [-0.15, -0.1) is 11.3 Å². The molecule has 1 unspecified atom stereocenters. The molecule has 0 bridgehead atoms. The molecule has 0 aliphatic carbocycles. The number of nitrogens with zero attached hydrogens (tertiary/aromatic N) is 2. The predicted molar refractivity (Wildman–Crippen MR) is 119 cm³/mol. The van der Waals surface area contributed by atoms with E-state index in [0.29, 0.717) is 23.6 Å². The first-order valence-electron chi connectivity index (χ1n) is 10.0. The summed E-state index contributed by atoms with van der Waals surface area (Å²) < 4.78 is 5.58. The number of hydrogen-bond donors (Lipinski definition) is 1. The first kappa shape index (κ1) is 20.8. The number of thiophene rings is 1. The van der Waals surface area contributed by atoms with Gasteiger partial charge in [-0.3, -0.25) is 14.6 Å². The van der Waals surface area contributed by atoms with Gasteiger partial charge in [-0.1, -0.05) is 19.1 Å². The third-order valence-corrected chi connectivity index (χ3v) is 5.94. The standard InChI is InChI=1S/C24H22N2O4S/c1-2-13-30-18-10-8-16(9-11-18)22(27)20-21(19-7-5-14-31-19)26(24(29)23(20)28)15-17-6-3-4-12-25-17/h3-12,14,21,27H,2,13,15H2,1H3/b22-20-. The van der Waals surface area contributed by atoms with E-state index in [2.05, 4.69) is 4.98 Å². The van der Waals surface area contributed by atoms with Crippen molar-refractivity contribution in [3.63, 3.8) is 0 Å². The van der Waals surface area contributed by atoms with Gasteiger partial charge in [0.2, 0.25) is 0 Å². The number of benzene rings is 1. The highest BCUT2D eigenvalue weighted by molar-refractivity contribution is 7.10. The van der Waals surface area contributed by atoms with Crippen LogP contribution in [0.15, 0.2) is 71.7 Å². The number of amides is 1. The minimum Gasteiger partial charge on any atom is -0.507 e.